The quantitative estimate of drug-likeness (QED) is 0.881. The van der Waals surface area contributed by atoms with Gasteiger partial charge in [-0.25, -0.2) is 4.39 Å². The summed E-state index contributed by atoms with van der Waals surface area (Å²) in [5, 5.41) is 0. The Morgan fingerprint density at radius 3 is 2.22 bits per heavy atom. The summed E-state index contributed by atoms with van der Waals surface area (Å²) in [6.45, 7) is 4.09. The van der Waals surface area contributed by atoms with Gasteiger partial charge in [0.2, 0.25) is 0 Å². The van der Waals surface area contributed by atoms with E-state index in [9.17, 15) is 4.39 Å². The molecule has 0 aliphatic rings. The van der Waals surface area contributed by atoms with E-state index in [1.165, 1.54) is 23.3 Å². The van der Waals surface area contributed by atoms with Crippen LogP contribution in [0.4, 0.5) is 4.39 Å². The summed E-state index contributed by atoms with van der Waals surface area (Å²) in [6.07, 6.45) is 0. The van der Waals surface area contributed by atoms with Crippen LogP contribution in [0.15, 0.2) is 40.9 Å². The maximum absolute atomic E-state index is 13.1. The van der Waals surface area contributed by atoms with E-state index in [1.807, 2.05) is 13.8 Å². The minimum atomic E-state index is -0.266. The van der Waals surface area contributed by atoms with Crippen LogP contribution in [0.25, 0.3) is 0 Å². The van der Waals surface area contributed by atoms with Crippen molar-refractivity contribution in [1.29, 1.82) is 0 Å². The normalized spacial score (nSPS) is 12.5. The van der Waals surface area contributed by atoms with Crippen LogP contribution in [0.1, 0.15) is 28.3 Å². The number of rotatable bonds is 2. The molecule has 1 nitrogen and oxygen atoms in total. The Hall–Kier alpha value is -1.19. The number of halogens is 2. The van der Waals surface area contributed by atoms with Crippen LogP contribution in [0, 0.1) is 19.7 Å². The highest BCUT2D eigenvalue weighted by Gasteiger charge is 2.13. The average Bonchev–Trinajstić information content (AvgIpc) is 2.26. The molecule has 0 saturated carbocycles. The fraction of sp³-hybridized carbons (Fsp3) is 0.200. The van der Waals surface area contributed by atoms with Crippen molar-refractivity contribution in [3.63, 3.8) is 0 Å². The van der Waals surface area contributed by atoms with Gasteiger partial charge in [0.25, 0.3) is 0 Å². The highest BCUT2D eigenvalue weighted by molar-refractivity contribution is 9.10. The maximum atomic E-state index is 13.1. The van der Waals surface area contributed by atoms with E-state index in [0.29, 0.717) is 4.47 Å². The number of hydrogen-bond acceptors (Lipinski definition) is 1. The summed E-state index contributed by atoms with van der Waals surface area (Å²) in [7, 11) is 0. The molecular formula is C15H15BrFN. The van der Waals surface area contributed by atoms with E-state index in [1.54, 1.807) is 6.07 Å². The van der Waals surface area contributed by atoms with E-state index in [4.69, 9.17) is 5.73 Å². The van der Waals surface area contributed by atoms with Gasteiger partial charge >= 0.3 is 0 Å². The Labute approximate surface area is 115 Å². The van der Waals surface area contributed by atoms with Crippen molar-refractivity contribution in [2.24, 2.45) is 5.73 Å². The molecule has 0 fully saturated rings. The zero-order valence-corrected chi connectivity index (χ0v) is 12.0. The first kappa shape index (κ1) is 13.2. The minimum Gasteiger partial charge on any atom is -0.320 e. The second kappa shape index (κ2) is 5.21. The third kappa shape index (κ3) is 2.79. The summed E-state index contributed by atoms with van der Waals surface area (Å²) in [5.41, 5.74) is 10.5. The van der Waals surface area contributed by atoms with Crippen LogP contribution in [-0.4, -0.2) is 0 Å². The van der Waals surface area contributed by atoms with Crippen LogP contribution in [0.2, 0.25) is 0 Å². The molecule has 2 rings (SSSR count). The number of benzene rings is 2. The Kier molecular flexibility index (Phi) is 3.83. The second-order valence-corrected chi connectivity index (χ2v) is 5.42. The fourth-order valence-corrected chi connectivity index (χ4v) is 2.72. The molecule has 94 valence electrons. The minimum absolute atomic E-state index is 0.251. The summed E-state index contributed by atoms with van der Waals surface area (Å²) in [6, 6.07) is 10.6. The fourth-order valence-electron chi connectivity index (χ4n) is 2.12. The van der Waals surface area contributed by atoms with E-state index >= 15 is 0 Å². The van der Waals surface area contributed by atoms with Gasteiger partial charge in [0, 0.05) is 4.47 Å². The summed E-state index contributed by atoms with van der Waals surface area (Å²) < 4.78 is 13.8. The van der Waals surface area contributed by atoms with Crippen molar-refractivity contribution in [1.82, 2.24) is 0 Å². The summed E-state index contributed by atoms with van der Waals surface area (Å²) in [4.78, 5) is 0. The average molecular weight is 308 g/mol. The number of nitrogens with two attached hydrogens (primary N) is 1. The molecule has 0 heterocycles. The SMILES string of the molecule is Cc1cc(C)cc(C(N)c2ccc(F)cc2Br)c1. The summed E-state index contributed by atoms with van der Waals surface area (Å²) in [5.74, 6) is -0.266. The molecule has 18 heavy (non-hydrogen) atoms. The van der Waals surface area contributed by atoms with Crippen LogP contribution in [-0.2, 0) is 0 Å². The van der Waals surface area contributed by atoms with E-state index in [0.717, 1.165) is 11.1 Å². The molecule has 3 heteroatoms. The Morgan fingerprint density at radius 1 is 1.06 bits per heavy atom. The van der Waals surface area contributed by atoms with Gasteiger partial charge in [0.15, 0.2) is 0 Å². The Balaban J connectivity index is 2.44. The lowest BCUT2D eigenvalue weighted by Gasteiger charge is -2.16. The number of aryl methyl sites for hydroxylation is 2. The van der Waals surface area contributed by atoms with Gasteiger partial charge in [-0.15, -0.1) is 0 Å². The molecule has 0 bridgehead atoms. The predicted molar refractivity (Wildman–Crippen MR) is 76.0 cm³/mol. The van der Waals surface area contributed by atoms with Crippen molar-refractivity contribution in [2.75, 3.05) is 0 Å². The van der Waals surface area contributed by atoms with Gasteiger partial charge < -0.3 is 5.73 Å². The smallest absolute Gasteiger partial charge is 0.124 e. The van der Waals surface area contributed by atoms with Gasteiger partial charge in [-0.3, -0.25) is 0 Å². The van der Waals surface area contributed by atoms with Crippen LogP contribution in [0.5, 0.6) is 0 Å². The van der Waals surface area contributed by atoms with Gasteiger partial charge in [0.05, 0.1) is 6.04 Å². The van der Waals surface area contributed by atoms with Gasteiger partial charge in [0.1, 0.15) is 5.82 Å². The predicted octanol–water partition coefficient (Wildman–Crippen LogP) is 4.25. The van der Waals surface area contributed by atoms with Crippen molar-refractivity contribution >= 4 is 15.9 Å². The molecule has 0 saturated heterocycles. The molecule has 0 spiro atoms. The van der Waals surface area contributed by atoms with E-state index < -0.39 is 0 Å². The molecule has 0 radical (unpaired) electrons. The van der Waals surface area contributed by atoms with Crippen LogP contribution < -0.4 is 5.73 Å². The van der Waals surface area contributed by atoms with Crippen LogP contribution in [0.3, 0.4) is 0 Å². The van der Waals surface area contributed by atoms with E-state index in [2.05, 4.69) is 34.1 Å². The summed E-state index contributed by atoms with van der Waals surface area (Å²) >= 11 is 3.36. The molecule has 0 aromatic heterocycles. The molecule has 1 atom stereocenters. The zero-order valence-electron chi connectivity index (χ0n) is 10.4. The zero-order chi connectivity index (χ0) is 13.3. The van der Waals surface area contributed by atoms with Crippen LogP contribution >= 0.6 is 15.9 Å². The molecule has 0 amide bonds. The second-order valence-electron chi connectivity index (χ2n) is 4.56. The Bertz CT molecular complexity index is 560. The van der Waals surface area contributed by atoms with Crippen molar-refractivity contribution in [3.05, 3.63) is 68.9 Å². The lowest BCUT2D eigenvalue weighted by molar-refractivity contribution is 0.625. The molecule has 1 unspecified atom stereocenters. The lowest BCUT2D eigenvalue weighted by atomic mass is 9.96. The highest BCUT2D eigenvalue weighted by Crippen LogP contribution is 2.28. The van der Waals surface area contributed by atoms with Crippen molar-refractivity contribution in [3.8, 4) is 0 Å². The molecule has 2 N–H and O–H groups in total. The van der Waals surface area contributed by atoms with Gasteiger partial charge in [-0.05, 0) is 37.1 Å². The molecule has 0 aliphatic carbocycles. The molecule has 0 aliphatic heterocycles. The van der Waals surface area contributed by atoms with Crippen molar-refractivity contribution < 1.29 is 4.39 Å². The third-order valence-corrected chi connectivity index (χ3v) is 3.59. The lowest BCUT2D eigenvalue weighted by Crippen LogP contribution is -2.13. The maximum Gasteiger partial charge on any atom is 0.124 e. The first-order chi connectivity index (χ1) is 8.47. The largest absolute Gasteiger partial charge is 0.320 e. The van der Waals surface area contributed by atoms with Gasteiger partial charge in [-0.2, -0.15) is 0 Å². The standard InChI is InChI=1S/C15H15BrFN/c1-9-5-10(2)7-11(6-9)15(18)13-4-3-12(17)8-14(13)16/h3-8,15H,18H2,1-2H3. The highest BCUT2D eigenvalue weighted by atomic mass is 79.9. The monoisotopic (exact) mass is 307 g/mol. The Morgan fingerprint density at radius 2 is 1.67 bits per heavy atom. The topological polar surface area (TPSA) is 26.0 Å². The van der Waals surface area contributed by atoms with E-state index in [-0.39, 0.29) is 11.9 Å². The first-order valence-corrected chi connectivity index (χ1v) is 6.55. The molecular weight excluding hydrogens is 293 g/mol. The van der Waals surface area contributed by atoms with Crippen molar-refractivity contribution in [2.45, 2.75) is 19.9 Å². The molecule has 2 aromatic rings. The van der Waals surface area contributed by atoms with Gasteiger partial charge in [-0.1, -0.05) is 51.3 Å². The molecule has 2 aromatic carbocycles. The third-order valence-electron chi connectivity index (χ3n) is 2.90. The first-order valence-electron chi connectivity index (χ1n) is 5.76. The number of hydrogen-bond donors (Lipinski definition) is 1.